The highest BCUT2D eigenvalue weighted by Crippen LogP contribution is 2.49. The van der Waals surface area contributed by atoms with Gasteiger partial charge in [0.25, 0.3) is 0 Å². The van der Waals surface area contributed by atoms with Gasteiger partial charge in [-0.2, -0.15) is 0 Å². The first-order valence-electron chi connectivity index (χ1n) is 25.2. The van der Waals surface area contributed by atoms with Crippen molar-refractivity contribution in [1.29, 1.82) is 0 Å². The van der Waals surface area contributed by atoms with E-state index in [0.717, 1.165) is 39.4 Å². The van der Waals surface area contributed by atoms with E-state index in [9.17, 15) is 0 Å². The topological polar surface area (TPSA) is 33.5 Å². The lowest BCUT2D eigenvalue weighted by Gasteiger charge is -2.26. The summed E-state index contributed by atoms with van der Waals surface area (Å²) in [6.07, 6.45) is 1.95. The number of ether oxygens (including phenoxy) is 1. The molecule has 5 nitrogen and oxygen atoms in total. The van der Waals surface area contributed by atoms with Crippen LogP contribution in [0.2, 0.25) is 0 Å². The van der Waals surface area contributed by atoms with Crippen molar-refractivity contribution in [2.24, 2.45) is 0 Å². The summed E-state index contributed by atoms with van der Waals surface area (Å²) in [5.41, 5.74) is 17.0. The summed E-state index contributed by atoms with van der Waals surface area (Å²) in [5.74, 6) is 3.20. The lowest BCUT2D eigenvalue weighted by Crippen LogP contribution is -2.24. The van der Waals surface area contributed by atoms with Gasteiger partial charge in [0.15, 0.2) is 0 Å². The standard InChI is InChI=1S/C65H68N4O/c1-42(2)53-25-18-26-54(43(3)4)62(53)44-27-31-58-60(35-44)68(41-67(58)49-22-16-21-46(36-49)63(5,6)7)50-23-17-24-51(39-50)70-52-29-30-55-56-37-47(64(8,9)10)28-32-57(56)69(59(55)40-52)61-38-48(33-34-66-61)65(11,12)45-19-14-13-15-20-45/h13-40,42-43H,41H2,1-12H3. The zero-order chi connectivity index (χ0) is 49.3. The van der Waals surface area contributed by atoms with Gasteiger partial charge in [0.2, 0.25) is 0 Å². The molecule has 9 aromatic rings. The molecular formula is C65H68N4O. The quantitative estimate of drug-likeness (QED) is 0.137. The fraction of sp³-hybridized carbons (Fsp3) is 0.277. The number of nitrogens with zero attached hydrogens (tertiary/aromatic N) is 4. The average molecular weight is 921 g/mol. The van der Waals surface area contributed by atoms with Gasteiger partial charge in [0, 0.05) is 45.9 Å². The number of rotatable bonds is 10. The van der Waals surface area contributed by atoms with Crippen molar-refractivity contribution in [3.05, 3.63) is 203 Å². The fourth-order valence-corrected chi connectivity index (χ4v) is 10.5. The van der Waals surface area contributed by atoms with Crippen LogP contribution in [0, 0.1) is 0 Å². The van der Waals surface area contributed by atoms with E-state index in [0.29, 0.717) is 18.5 Å². The molecule has 0 saturated heterocycles. The predicted octanol–water partition coefficient (Wildman–Crippen LogP) is 18.1. The number of hydrogen-bond donors (Lipinski definition) is 0. The second-order valence-corrected chi connectivity index (χ2v) is 22.6. The Morgan fingerprint density at radius 3 is 1.80 bits per heavy atom. The number of fused-ring (bicyclic) bond motifs is 4. The highest BCUT2D eigenvalue weighted by Gasteiger charge is 2.31. The van der Waals surface area contributed by atoms with Crippen LogP contribution >= 0.6 is 0 Å². The van der Waals surface area contributed by atoms with Gasteiger partial charge in [-0.15, -0.1) is 0 Å². The van der Waals surface area contributed by atoms with Gasteiger partial charge in [0.05, 0.1) is 22.4 Å². The molecule has 0 bridgehead atoms. The number of pyridine rings is 1. The van der Waals surface area contributed by atoms with Crippen molar-refractivity contribution >= 4 is 44.6 Å². The summed E-state index contributed by atoms with van der Waals surface area (Å²) in [7, 11) is 0. The molecule has 0 radical (unpaired) electrons. The summed E-state index contributed by atoms with van der Waals surface area (Å²) in [6, 6.07) is 60.2. The second-order valence-electron chi connectivity index (χ2n) is 22.6. The van der Waals surface area contributed by atoms with Crippen LogP contribution in [0.5, 0.6) is 11.5 Å². The van der Waals surface area contributed by atoms with Gasteiger partial charge in [-0.25, -0.2) is 4.98 Å². The monoisotopic (exact) mass is 921 g/mol. The van der Waals surface area contributed by atoms with Crippen molar-refractivity contribution in [2.45, 2.75) is 111 Å². The molecule has 0 unspecified atom stereocenters. The summed E-state index contributed by atoms with van der Waals surface area (Å²) >= 11 is 0. The molecule has 3 heterocycles. The summed E-state index contributed by atoms with van der Waals surface area (Å²) in [6.45, 7) is 28.2. The minimum Gasteiger partial charge on any atom is -0.457 e. The molecule has 1 aliphatic heterocycles. The number of benzene rings is 7. The third kappa shape index (κ3) is 8.54. The van der Waals surface area contributed by atoms with Gasteiger partial charge >= 0.3 is 0 Å². The average Bonchev–Trinajstić information content (AvgIpc) is 3.89. The molecule has 5 heteroatoms. The lowest BCUT2D eigenvalue weighted by molar-refractivity contribution is 0.483. The molecule has 7 aromatic carbocycles. The van der Waals surface area contributed by atoms with E-state index in [-0.39, 0.29) is 16.2 Å². The normalized spacial score (nSPS) is 13.3. The van der Waals surface area contributed by atoms with Crippen molar-refractivity contribution in [1.82, 2.24) is 9.55 Å². The third-order valence-electron chi connectivity index (χ3n) is 14.7. The molecule has 354 valence electrons. The van der Waals surface area contributed by atoms with Crippen LogP contribution in [0.1, 0.15) is 128 Å². The maximum Gasteiger partial charge on any atom is 0.137 e. The molecule has 70 heavy (non-hydrogen) atoms. The SMILES string of the molecule is CC(C)c1cccc(C(C)C)c1-c1ccc2c(c1)N(c1cccc(Oc3ccc4c5cc(C(C)(C)C)ccc5n(-c5cc(C(C)(C)c6ccccc6)ccn5)c4c3)c1)CN2c1cccc(C(C)(C)C)c1. The molecule has 2 aromatic heterocycles. The molecule has 0 amide bonds. The van der Waals surface area contributed by atoms with E-state index in [2.05, 4.69) is 261 Å². The summed E-state index contributed by atoms with van der Waals surface area (Å²) in [5, 5.41) is 2.36. The smallest absolute Gasteiger partial charge is 0.137 e. The van der Waals surface area contributed by atoms with Crippen LogP contribution in [0.15, 0.2) is 170 Å². The Hall–Kier alpha value is -7.11. The van der Waals surface area contributed by atoms with Gasteiger partial charge in [-0.3, -0.25) is 4.57 Å². The maximum absolute atomic E-state index is 6.94. The van der Waals surface area contributed by atoms with E-state index < -0.39 is 0 Å². The summed E-state index contributed by atoms with van der Waals surface area (Å²) in [4.78, 5) is 9.97. The number of aromatic nitrogens is 2. The number of hydrogen-bond acceptors (Lipinski definition) is 4. The van der Waals surface area contributed by atoms with Crippen molar-refractivity contribution < 1.29 is 4.74 Å². The van der Waals surface area contributed by atoms with E-state index in [1.807, 2.05) is 6.20 Å². The molecule has 0 N–H and O–H groups in total. The van der Waals surface area contributed by atoms with Crippen LogP contribution < -0.4 is 14.5 Å². The van der Waals surface area contributed by atoms with Gasteiger partial charge < -0.3 is 14.5 Å². The molecular weight excluding hydrogens is 853 g/mol. The Kier molecular flexibility index (Phi) is 11.8. The van der Waals surface area contributed by atoms with Crippen molar-refractivity contribution in [3.8, 4) is 28.4 Å². The van der Waals surface area contributed by atoms with Crippen molar-refractivity contribution in [2.75, 3.05) is 16.5 Å². The lowest BCUT2D eigenvalue weighted by atomic mass is 9.78. The molecule has 0 fully saturated rings. The van der Waals surface area contributed by atoms with Gasteiger partial charge in [-0.1, -0.05) is 162 Å². The zero-order valence-electron chi connectivity index (χ0n) is 43.2. The zero-order valence-corrected chi connectivity index (χ0v) is 43.2. The van der Waals surface area contributed by atoms with E-state index in [4.69, 9.17) is 9.72 Å². The Labute approximate surface area is 416 Å². The first-order valence-corrected chi connectivity index (χ1v) is 25.2. The maximum atomic E-state index is 6.94. The Balaban J connectivity index is 1.07. The predicted molar refractivity (Wildman–Crippen MR) is 297 cm³/mol. The van der Waals surface area contributed by atoms with E-state index in [1.165, 1.54) is 67.0 Å². The Morgan fingerprint density at radius 2 is 1.10 bits per heavy atom. The van der Waals surface area contributed by atoms with Crippen LogP contribution in [0.4, 0.5) is 22.7 Å². The largest absolute Gasteiger partial charge is 0.457 e. The molecule has 0 atom stereocenters. The van der Waals surface area contributed by atoms with Crippen LogP contribution in [-0.2, 0) is 16.2 Å². The minimum absolute atomic E-state index is 0.00489. The second kappa shape index (κ2) is 17.7. The third-order valence-corrected chi connectivity index (χ3v) is 14.7. The molecule has 0 spiro atoms. The van der Waals surface area contributed by atoms with Gasteiger partial charge in [-0.05, 0) is 140 Å². The van der Waals surface area contributed by atoms with E-state index >= 15 is 0 Å². The summed E-state index contributed by atoms with van der Waals surface area (Å²) < 4.78 is 9.26. The van der Waals surface area contributed by atoms with Gasteiger partial charge in [0.1, 0.15) is 24.0 Å². The molecule has 10 rings (SSSR count). The number of anilines is 4. The highest BCUT2D eigenvalue weighted by atomic mass is 16.5. The first-order chi connectivity index (χ1) is 33.4. The van der Waals surface area contributed by atoms with Crippen LogP contribution in [-0.4, -0.2) is 16.2 Å². The first kappa shape index (κ1) is 46.6. The Morgan fingerprint density at radius 1 is 0.471 bits per heavy atom. The van der Waals surface area contributed by atoms with Crippen molar-refractivity contribution in [3.63, 3.8) is 0 Å². The molecule has 1 aliphatic rings. The van der Waals surface area contributed by atoms with Crippen LogP contribution in [0.3, 0.4) is 0 Å². The Bertz CT molecular complexity index is 3370. The minimum atomic E-state index is -0.225. The fourth-order valence-electron chi connectivity index (χ4n) is 10.5. The molecule has 0 aliphatic carbocycles. The molecule has 0 saturated carbocycles. The van der Waals surface area contributed by atoms with E-state index in [1.54, 1.807) is 0 Å². The highest BCUT2D eigenvalue weighted by molar-refractivity contribution is 6.10. The van der Waals surface area contributed by atoms with Crippen LogP contribution in [0.25, 0.3) is 38.8 Å².